The highest BCUT2D eigenvalue weighted by Gasteiger charge is 2.44. The molecule has 2 aliphatic heterocycles. The molecule has 4 heteroatoms. The highest BCUT2D eigenvalue weighted by atomic mass is 16.7. The summed E-state index contributed by atoms with van der Waals surface area (Å²) in [5.41, 5.74) is 3.15. The maximum Gasteiger partial charge on any atom is 0.231 e. The largest absolute Gasteiger partial charge is 0.454 e. The Morgan fingerprint density at radius 1 is 1.08 bits per heavy atom. The minimum absolute atomic E-state index is 0.290. The number of benzene rings is 2. The predicted octanol–water partition coefficient (Wildman–Crippen LogP) is 4.32. The fourth-order valence-electron chi connectivity index (χ4n) is 3.97. The zero-order valence-corrected chi connectivity index (χ0v) is 15.0. The van der Waals surface area contributed by atoms with Gasteiger partial charge in [0.2, 0.25) is 6.79 Å². The van der Waals surface area contributed by atoms with Crippen LogP contribution in [-0.4, -0.2) is 27.0 Å². The van der Waals surface area contributed by atoms with Gasteiger partial charge in [-0.3, -0.25) is 0 Å². The summed E-state index contributed by atoms with van der Waals surface area (Å²) in [5.74, 6) is 1.61. The van der Waals surface area contributed by atoms with E-state index in [-0.39, 0.29) is 0 Å². The molecule has 0 N–H and O–H groups in total. The lowest BCUT2D eigenvalue weighted by Gasteiger charge is -2.30. The number of para-hydroxylation sites is 1. The van der Waals surface area contributed by atoms with E-state index in [2.05, 4.69) is 48.2 Å². The molecule has 1 unspecified atom stereocenters. The number of anilines is 1. The molecule has 0 saturated carbocycles. The van der Waals surface area contributed by atoms with E-state index in [1.165, 1.54) is 30.5 Å². The minimum atomic E-state index is -0.468. The van der Waals surface area contributed by atoms with Crippen LogP contribution in [0.5, 0.6) is 11.5 Å². The number of unbranched alkanes of at least 4 members (excludes halogenated alkanes) is 2. The Bertz CT molecular complexity index is 761. The van der Waals surface area contributed by atoms with Crippen molar-refractivity contribution in [3.63, 3.8) is 0 Å². The molecule has 4 rings (SSSR count). The molecule has 132 valence electrons. The average molecular weight is 339 g/mol. The molecule has 25 heavy (non-hydrogen) atoms. The number of hydrogen-bond donors (Lipinski definition) is 0. The zero-order chi connectivity index (χ0) is 17.3. The molecule has 2 heterocycles. The van der Waals surface area contributed by atoms with Crippen LogP contribution in [0.3, 0.4) is 0 Å². The predicted molar refractivity (Wildman–Crippen MR) is 98.5 cm³/mol. The molecule has 2 aliphatic rings. The number of methoxy groups -OCH3 is 1. The molecule has 0 fully saturated rings. The van der Waals surface area contributed by atoms with Crippen LogP contribution in [0.15, 0.2) is 42.5 Å². The second-order valence-electron chi connectivity index (χ2n) is 6.74. The van der Waals surface area contributed by atoms with Gasteiger partial charge in [-0.1, -0.05) is 44.0 Å². The van der Waals surface area contributed by atoms with E-state index in [4.69, 9.17) is 14.2 Å². The Balaban J connectivity index is 1.73. The third kappa shape index (κ3) is 2.65. The van der Waals surface area contributed by atoms with Crippen molar-refractivity contribution in [1.82, 2.24) is 0 Å². The van der Waals surface area contributed by atoms with Crippen molar-refractivity contribution < 1.29 is 14.2 Å². The van der Waals surface area contributed by atoms with Gasteiger partial charge in [-0.05, 0) is 30.2 Å². The first kappa shape index (κ1) is 16.3. The first-order valence-corrected chi connectivity index (χ1v) is 9.08. The number of nitrogens with zero attached hydrogens (tertiary/aromatic N) is 1. The van der Waals surface area contributed by atoms with Crippen LogP contribution < -0.4 is 14.4 Å². The molecule has 4 nitrogen and oxygen atoms in total. The van der Waals surface area contributed by atoms with Gasteiger partial charge in [-0.2, -0.15) is 0 Å². The summed E-state index contributed by atoms with van der Waals surface area (Å²) < 4.78 is 17.2. The highest BCUT2D eigenvalue weighted by molar-refractivity contribution is 5.65. The van der Waals surface area contributed by atoms with Gasteiger partial charge >= 0.3 is 0 Å². The molecule has 2 aromatic rings. The van der Waals surface area contributed by atoms with Crippen molar-refractivity contribution >= 4 is 5.69 Å². The van der Waals surface area contributed by atoms with Crippen molar-refractivity contribution in [2.75, 3.05) is 31.9 Å². The van der Waals surface area contributed by atoms with Gasteiger partial charge in [0.25, 0.3) is 0 Å². The van der Waals surface area contributed by atoms with E-state index < -0.39 is 5.60 Å². The van der Waals surface area contributed by atoms with Crippen molar-refractivity contribution in [2.24, 2.45) is 0 Å². The fourth-order valence-corrected chi connectivity index (χ4v) is 3.97. The molecular formula is C21H25NO3. The van der Waals surface area contributed by atoms with Gasteiger partial charge in [0.15, 0.2) is 11.5 Å². The van der Waals surface area contributed by atoms with Crippen LogP contribution in [0.2, 0.25) is 0 Å². The molecular weight excluding hydrogens is 314 g/mol. The van der Waals surface area contributed by atoms with E-state index in [0.29, 0.717) is 6.79 Å². The van der Waals surface area contributed by atoms with Crippen LogP contribution in [-0.2, 0) is 10.3 Å². The van der Waals surface area contributed by atoms with Gasteiger partial charge in [0.1, 0.15) is 5.60 Å². The summed E-state index contributed by atoms with van der Waals surface area (Å²) in [5, 5.41) is 0. The van der Waals surface area contributed by atoms with Crippen molar-refractivity contribution in [3.05, 3.63) is 53.6 Å². The molecule has 1 atom stereocenters. The van der Waals surface area contributed by atoms with Gasteiger partial charge in [0.05, 0.1) is 6.54 Å². The Labute approximate surface area is 149 Å². The lowest BCUT2D eigenvalue weighted by Crippen LogP contribution is -2.36. The van der Waals surface area contributed by atoms with Gasteiger partial charge in [-0.25, -0.2) is 0 Å². The molecule has 0 spiro atoms. The van der Waals surface area contributed by atoms with Gasteiger partial charge in [-0.15, -0.1) is 0 Å². The maximum atomic E-state index is 6.17. The van der Waals surface area contributed by atoms with Crippen molar-refractivity contribution in [2.45, 2.75) is 31.8 Å². The molecule has 0 bridgehead atoms. The lowest BCUT2D eigenvalue weighted by atomic mass is 9.87. The summed E-state index contributed by atoms with van der Waals surface area (Å²) in [6.07, 6.45) is 3.68. The first-order valence-electron chi connectivity index (χ1n) is 9.08. The maximum absolute atomic E-state index is 6.17. The smallest absolute Gasteiger partial charge is 0.231 e. The Hall–Kier alpha value is -2.20. The summed E-state index contributed by atoms with van der Waals surface area (Å²) >= 11 is 0. The van der Waals surface area contributed by atoms with Crippen LogP contribution in [0, 0.1) is 0 Å². The number of rotatable bonds is 6. The average Bonchev–Trinajstić information content (AvgIpc) is 3.25. The quantitative estimate of drug-likeness (QED) is 0.734. The third-order valence-electron chi connectivity index (χ3n) is 5.31. The molecule has 2 aromatic carbocycles. The van der Waals surface area contributed by atoms with Crippen molar-refractivity contribution in [1.29, 1.82) is 0 Å². The van der Waals surface area contributed by atoms with E-state index in [0.717, 1.165) is 30.2 Å². The third-order valence-corrected chi connectivity index (χ3v) is 5.31. The number of ether oxygens (including phenoxy) is 3. The first-order chi connectivity index (χ1) is 12.3. The number of fused-ring (bicyclic) bond motifs is 2. The lowest BCUT2D eigenvalue weighted by molar-refractivity contribution is 0.0360. The van der Waals surface area contributed by atoms with E-state index in [1.807, 2.05) is 6.07 Å². The van der Waals surface area contributed by atoms with Crippen LogP contribution in [0.25, 0.3) is 0 Å². The summed E-state index contributed by atoms with van der Waals surface area (Å²) in [4.78, 5) is 2.46. The Morgan fingerprint density at radius 2 is 1.92 bits per heavy atom. The molecule has 0 aliphatic carbocycles. The number of hydrogen-bond acceptors (Lipinski definition) is 4. The van der Waals surface area contributed by atoms with Crippen LogP contribution in [0.4, 0.5) is 5.69 Å². The summed E-state index contributed by atoms with van der Waals surface area (Å²) in [6.45, 7) is 4.41. The van der Waals surface area contributed by atoms with Crippen molar-refractivity contribution in [3.8, 4) is 11.5 Å². The second-order valence-corrected chi connectivity index (χ2v) is 6.74. The van der Waals surface area contributed by atoms with E-state index >= 15 is 0 Å². The molecule has 0 saturated heterocycles. The second kappa shape index (κ2) is 6.60. The normalized spacial score (nSPS) is 20.8. The topological polar surface area (TPSA) is 30.9 Å². The fraction of sp³-hybridized carbons (Fsp3) is 0.429. The summed E-state index contributed by atoms with van der Waals surface area (Å²) in [7, 11) is 1.80. The van der Waals surface area contributed by atoms with Gasteiger partial charge in [0, 0.05) is 24.9 Å². The Morgan fingerprint density at radius 3 is 2.76 bits per heavy atom. The zero-order valence-electron chi connectivity index (χ0n) is 15.0. The van der Waals surface area contributed by atoms with E-state index in [1.54, 1.807) is 7.11 Å². The van der Waals surface area contributed by atoms with Crippen LogP contribution in [0.1, 0.15) is 37.3 Å². The van der Waals surface area contributed by atoms with Gasteiger partial charge < -0.3 is 19.1 Å². The monoisotopic (exact) mass is 339 g/mol. The molecule has 0 aromatic heterocycles. The SMILES string of the molecule is CCCCCN1CC(OC)(c2ccc3c(c2)OCO3)c2ccccc21. The summed E-state index contributed by atoms with van der Waals surface area (Å²) in [6, 6.07) is 14.7. The molecule has 0 radical (unpaired) electrons. The highest BCUT2D eigenvalue weighted by Crippen LogP contribution is 2.47. The van der Waals surface area contributed by atoms with Crippen LogP contribution >= 0.6 is 0 Å². The molecule has 0 amide bonds. The standard InChI is InChI=1S/C21H25NO3/c1-3-4-7-12-22-14-21(23-2,17-8-5-6-9-18(17)22)16-10-11-19-20(13-16)25-15-24-19/h5-6,8-11,13H,3-4,7,12,14-15H2,1-2H3. The minimum Gasteiger partial charge on any atom is -0.454 e. The Kier molecular flexibility index (Phi) is 4.30. The van der Waals surface area contributed by atoms with E-state index in [9.17, 15) is 0 Å².